The second-order valence-corrected chi connectivity index (χ2v) is 7.21. The van der Waals surface area contributed by atoms with Crippen LogP contribution in [0.3, 0.4) is 0 Å². The van der Waals surface area contributed by atoms with Crippen LogP contribution in [0.1, 0.15) is 31.1 Å². The molecule has 0 atom stereocenters. The van der Waals surface area contributed by atoms with Crippen LogP contribution >= 0.6 is 11.6 Å². The largest absolute Gasteiger partial charge is 0.350 e. The van der Waals surface area contributed by atoms with Crippen molar-refractivity contribution in [3.63, 3.8) is 0 Å². The van der Waals surface area contributed by atoms with Crippen molar-refractivity contribution >= 4 is 40.7 Å². The molecule has 9 nitrogen and oxygen atoms in total. The normalized spacial score (nSPS) is 10.2. The van der Waals surface area contributed by atoms with E-state index >= 15 is 0 Å². The van der Waals surface area contributed by atoms with Gasteiger partial charge in [-0.15, -0.1) is 0 Å². The molecule has 10 heteroatoms. The van der Waals surface area contributed by atoms with E-state index in [9.17, 15) is 24.5 Å². The van der Waals surface area contributed by atoms with Gasteiger partial charge >= 0.3 is 0 Å². The number of nitrogens with one attached hydrogen (secondary N) is 3. The number of nitro groups is 1. The summed E-state index contributed by atoms with van der Waals surface area (Å²) in [7, 11) is 0. The molecule has 3 N–H and O–H groups in total. The van der Waals surface area contributed by atoms with Crippen LogP contribution in [0, 0.1) is 10.1 Å². The first-order chi connectivity index (χ1) is 15.9. The molecule has 33 heavy (non-hydrogen) atoms. The van der Waals surface area contributed by atoms with Crippen LogP contribution in [-0.4, -0.2) is 35.7 Å². The van der Waals surface area contributed by atoms with Crippen LogP contribution in [0.25, 0.3) is 0 Å². The first kappa shape index (κ1) is 23.4. The quantitative estimate of drug-likeness (QED) is 0.265. The molecule has 0 radical (unpaired) electrons. The maximum Gasteiger partial charge on any atom is 0.270 e. The van der Waals surface area contributed by atoms with E-state index in [0.29, 0.717) is 5.56 Å². The Morgan fingerprint density at radius 2 is 1.42 bits per heavy atom. The summed E-state index contributed by atoms with van der Waals surface area (Å²) < 4.78 is 0. The van der Waals surface area contributed by atoms with Crippen molar-refractivity contribution in [2.45, 2.75) is 0 Å². The summed E-state index contributed by atoms with van der Waals surface area (Å²) in [6.07, 6.45) is 0. The van der Waals surface area contributed by atoms with Crippen LogP contribution in [0.5, 0.6) is 0 Å². The predicted octanol–water partition coefficient (Wildman–Crippen LogP) is 3.66. The smallest absolute Gasteiger partial charge is 0.270 e. The monoisotopic (exact) mass is 466 g/mol. The molecule has 168 valence electrons. The highest BCUT2D eigenvalue weighted by atomic mass is 35.5. The minimum absolute atomic E-state index is 0.0288. The summed E-state index contributed by atoms with van der Waals surface area (Å²) in [6.45, 7) is 0.389. The van der Waals surface area contributed by atoms with Gasteiger partial charge in [0.1, 0.15) is 0 Å². The first-order valence-electron chi connectivity index (χ1n) is 9.82. The Labute approximate surface area is 193 Å². The minimum atomic E-state index is -0.620. The Morgan fingerprint density at radius 3 is 2.09 bits per heavy atom. The molecule has 0 spiro atoms. The molecule has 0 aliphatic carbocycles. The zero-order valence-corrected chi connectivity index (χ0v) is 18.0. The van der Waals surface area contributed by atoms with Gasteiger partial charge in [-0.25, -0.2) is 0 Å². The molecule has 0 aromatic heterocycles. The van der Waals surface area contributed by atoms with Gasteiger partial charge in [0, 0.05) is 30.8 Å². The van der Waals surface area contributed by atoms with Crippen molar-refractivity contribution in [1.82, 2.24) is 10.6 Å². The summed E-state index contributed by atoms with van der Waals surface area (Å²) in [5.41, 5.74) is 0.750. The molecule has 3 aromatic rings. The number of hydrogen-bond acceptors (Lipinski definition) is 5. The number of carbonyl (C=O) groups excluding carboxylic acids is 3. The summed E-state index contributed by atoms with van der Waals surface area (Å²) in [5.74, 6) is -1.32. The minimum Gasteiger partial charge on any atom is -0.350 e. The standard InChI is InChI=1S/C23H19ClN4O5/c24-19-14-16(28(32)33)10-11-17(19)23(31)27-20-9-5-4-8-18(20)22(30)26-13-12-25-21(29)15-6-2-1-3-7-15/h1-11,14H,12-13H2,(H,25,29)(H,26,30)(H,27,31). The SMILES string of the molecule is O=C(NCCNC(=O)c1ccccc1NC(=O)c1ccc([N+](=O)[O-])cc1Cl)c1ccccc1. The van der Waals surface area contributed by atoms with Gasteiger partial charge in [0.25, 0.3) is 23.4 Å². The van der Waals surface area contributed by atoms with Crippen molar-refractivity contribution in [2.75, 3.05) is 18.4 Å². The molecule has 0 bridgehead atoms. The lowest BCUT2D eigenvalue weighted by Crippen LogP contribution is -2.35. The molecule has 0 unspecified atom stereocenters. The maximum absolute atomic E-state index is 12.6. The summed E-state index contributed by atoms with van der Waals surface area (Å²) in [4.78, 5) is 47.5. The highest BCUT2D eigenvalue weighted by Gasteiger charge is 2.18. The summed E-state index contributed by atoms with van der Waals surface area (Å²) in [6, 6.07) is 18.5. The number of nitrogens with zero attached hydrogens (tertiary/aromatic N) is 1. The van der Waals surface area contributed by atoms with E-state index in [4.69, 9.17) is 11.6 Å². The lowest BCUT2D eigenvalue weighted by molar-refractivity contribution is -0.384. The molecule has 3 aromatic carbocycles. The Hall–Kier alpha value is -4.24. The number of para-hydroxylation sites is 1. The number of non-ortho nitro benzene ring substituents is 1. The number of amides is 3. The number of hydrogen-bond donors (Lipinski definition) is 3. The number of rotatable bonds is 8. The van der Waals surface area contributed by atoms with Crippen LogP contribution in [0.15, 0.2) is 72.8 Å². The number of nitro benzene ring substituents is 1. The molecular weight excluding hydrogens is 448 g/mol. The number of anilines is 1. The molecule has 3 amide bonds. The van der Waals surface area contributed by atoms with E-state index in [2.05, 4.69) is 16.0 Å². The van der Waals surface area contributed by atoms with Crippen LogP contribution in [0.2, 0.25) is 5.02 Å². The topological polar surface area (TPSA) is 130 Å². The summed E-state index contributed by atoms with van der Waals surface area (Å²) >= 11 is 6.01. The number of benzene rings is 3. The average Bonchev–Trinajstić information content (AvgIpc) is 2.82. The average molecular weight is 467 g/mol. The van der Waals surface area contributed by atoms with Crippen molar-refractivity contribution in [3.05, 3.63) is 105 Å². The Bertz CT molecular complexity index is 1200. The number of carbonyl (C=O) groups is 3. The molecule has 0 saturated carbocycles. The van der Waals surface area contributed by atoms with Crippen molar-refractivity contribution in [2.24, 2.45) is 0 Å². The molecule has 0 fully saturated rings. The predicted molar refractivity (Wildman–Crippen MR) is 124 cm³/mol. The zero-order valence-electron chi connectivity index (χ0n) is 17.2. The summed E-state index contributed by atoms with van der Waals surface area (Å²) in [5, 5.41) is 18.8. The third kappa shape index (κ3) is 6.14. The Balaban J connectivity index is 1.60. The molecule has 0 heterocycles. The van der Waals surface area contributed by atoms with Crippen LogP contribution in [0.4, 0.5) is 11.4 Å². The van der Waals surface area contributed by atoms with E-state index in [1.54, 1.807) is 42.5 Å². The first-order valence-corrected chi connectivity index (χ1v) is 10.2. The van der Waals surface area contributed by atoms with E-state index in [-0.39, 0.29) is 46.5 Å². The maximum atomic E-state index is 12.6. The van der Waals surface area contributed by atoms with Gasteiger partial charge in [-0.2, -0.15) is 0 Å². The zero-order chi connectivity index (χ0) is 23.8. The molecular formula is C23H19ClN4O5. The van der Waals surface area contributed by atoms with Crippen molar-refractivity contribution < 1.29 is 19.3 Å². The second kappa shape index (κ2) is 10.9. The van der Waals surface area contributed by atoms with Gasteiger partial charge in [-0.3, -0.25) is 24.5 Å². The third-order valence-corrected chi connectivity index (χ3v) is 4.87. The van der Waals surface area contributed by atoms with Gasteiger partial charge in [-0.1, -0.05) is 41.9 Å². The second-order valence-electron chi connectivity index (χ2n) is 6.80. The Morgan fingerprint density at radius 1 is 0.788 bits per heavy atom. The highest BCUT2D eigenvalue weighted by Crippen LogP contribution is 2.24. The van der Waals surface area contributed by atoms with Gasteiger partial charge < -0.3 is 16.0 Å². The molecule has 0 aliphatic rings. The lowest BCUT2D eigenvalue weighted by Gasteiger charge is -2.12. The van der Waals surface area contributed by atoms with Crippen LogP contribution < -0.4 is 16.0 Å². The number of halogens is 1. The molecule has 3 rings (SSSR count). The third-order valence-electron chi connectivity index (χ3n) is 4.56. The fraction of sp³-hybridized carbons (Fsp3) is 0.0870. The van der Waals surface area contributed by atoms with E-state index in [1.165, 1.54) is 18.2 Å². The highest BCUT2D eigenvalue weighted by molar-refractivity contribution is 6.34. The van der Waals surface area contributed by atoms with Crippen LogP contribution in [-0.2, 0) is 0 Å². The molecule has 0 saturated heterocycles. The van der Waals surface area contributed by atoms with E-state index in [1.807, 2.05) is 6.07 Å². The van der Waals surface area contributed by atoms with Crippen molar-refractivity contribution in [3.8, 4) is 0 Å². The van der Waals surface area contributed by atoms with Gasteiger partial charge in [0.2, 0.25) is 0 Å². The van der Waals surface area contributed by atoms with E-state index < -0.39 is 16.7 Å². The lowest BCUT2D eigenvalue weighted by atomic mass is 10.1. The van der Waals surface area contributed by atoms with E-state index in [0.717, 1.165) is 6.07 Å². The van der Waals surface area contributed by atoms with Gasteiger partial charge in [0.05, 0.1) is 26.8 Å². The fourth-order valence-electron chi connectivity index (χ4n) is 2.92. The van der Waals surface area contributed by atoms with Gasteiger partial charge in [-0.05, 0) is 30.3 Å². The molecule has 0 aliphatic heterocycles. The van der Waals surface area contributed by atoms with Crippen molar-refractivity contribution in [1.29, 1.82) is 0 Å². The van der Waals surface area contributed by atoms with Gasteiger partial charge in [0.15, 0.2) is 0 Å². The Kier molecular flexibility index (Phi) is 7.72. The fourth-order valence-corrected chi connectivity index (χ4v) is 3.18.